The monoisotopic (exact) mass is 410 g/mol. The predicted molar refractivity (Wildman–Crippen MR) is 110 cm³/mol. The van der Waals surface area contributed by atoms with Gasteiger partial charge in [-0.3, -0.25) is 19.2 Å². The van der Waals surface area contributed by atoms with E-state index in [1.165, 1.54) is 30.2 Å². The quantitative estimate of drug-likeness (QED) is 0.802. The van der Waals surface area contributed by atoms with Crippen molar-refractivity contribution in [2.24, 2.45) is 11.7 Å². The molecular formula is C23H28N3O4. The smallest absolute Gasteiger partial charge is 0.255 e. The third kappa shape index (κ3) is 3.85. The third-order valence-electron chi connectivity index (χ3n) is 6.74. The molecule has 1 radical (unpaired) electrons. The number of hydrogen-bond donors (Lipinski definition) is 1. The van der Waals surface area contributed by atoms with Gasteiger partial charge in [0, 0.05) is 6.54 Å². The van der Waals surface area contributed by atoms with Crippen molar-refractivity contribution < 1.29 is 19.2 Å². The lowest BCUT2D eigenvalue weighted by atomic mass is 9.86. The molecule has 2 saturated heterocycles. The van der Waals surface area contributed by atoms with Crippen LogP contribution < -0.4 is 5.73 Å². The Hall–Kier alpha value is -2.70. The van der Waals surface area contributed by atoms with Crippen molar-refractivity contribution in [1.82, 2.24) is 9.80 Å². The van der Waals surface area contributed by atoms with Crippen molar-refractivity contribution in [1.29, 1.82) is 0 Å². The zero-order valence-electron chi connectivity index (χ0n) is 17.1. The van der Waals surface area contributed by atoms with Gasteiger partial charge in [-0.05, 0) is 30.9 Å². The number of fused-ring (bicyclic) bond motifs is 1. The molecule has 0 aromatic heterocycles. The second-order valence-corrected chi connectivity index (χ2v) is 8.59. The van der Waals surface area contributed by atoms with Crippen LogP contribution in [0.25, 0.3) is 0 Å². The molecule has 7 heteroatoms. The maximum Gasteiger partial charge on any atom is 0.255 e. The van der Waals surface area contributed by atoms with Gasteiger partial charge in [0.05, 0.1) is 30.1 Å². The summed E-state index contributed by atoms with van der Waals surface area (Å²) < 4.78 is 0. The van der Waals surface area contributed by atoms with E-state index in [1.807, 2.05) is 0 Å². The molecule has 2 aliphatic heterocycles. The lowest BCUT2D eigenvalue weighted by Gasteiger charge is -2.26. The Morgan fingerprint density at radius 2 is 1.70 bits per heavy atom. The largest absolute Gasteiger partial charge is 0.366 e. The first-order valence-electron chi connectivity index (χ1n) is 10.8. The summed E-state index contributed by atoms with van der Waals surface area (Å²) in [6.45, 7) is 0.413. The van der Waals surface area contributed by atoms with Crippen LogP contribution in [0.2, 0.25) is 0 Å². The molecule has 7 nitrogen and oxygen atoms in total. The van der Waals surface area contributed by atoms with E-state index in [0.717, 1.165) is 19.3 Å². The van der Waals surface area contributed by atoms with Crippen molar-refractivity contribution in [3.05, 3.63) is 41.8 Å². The fraction of sp³-hybridized carbons (Fsp3) is 0.522. The number of carbonyl (C=O) groups excluding carboxylic acids is 4. The number of rotatable bonds is 5. The minimum atomic E-state index is -0.679. The number of benzene rings is 1. The normalized spacial score (nSPS) is 24.2. The summed E-state index contributed by atoms with van der Waals surface area (Å²) in [5, 5.41) is 0. The van der Waals surface area contributed by atoms with E-state index in [1.54, 1.807) is 29.5 Å². The molecule has 3 aliphatic rings. The Labute approximate surface area is 176 Å². The fourth-order valence-electron chi connectivity index (χ4n) is 5.19. The number of amides is 3. The summed E-state index contributed by atoms with van der Waals surface area (Å²) in [5.74, 6) is -0.730. The molecule has 3 amide bonds. The molecule has 1 aromatic rings. The van der Waals surface area contributed by atoms with Crippen molar-refractivity contribution in [3.8, 4) is 0 Å². The number of hydrogen-bond acceptors (Lipinski definition) is 4. The van der Waals surface area contributed by atoms with Gasteiger partial charge in [-0.2, -0.15) is 0 Å². The Kier molecular flexibility index (Phi) is 5.88. The molecule has 159 valence electrons. The predicted octanol–water partition coefficient (Wildman–Crippen LogP) is 1.95. The molecule has 4 rings (SSSR count). The lowest BCUT2D eigenvalue weighted by molar-refractivity contribution is -0.133. The highest BCUT2D eigenvalue weighted by Gasteiger charge is 2.51. The zero-order chi connectivity index (χ0) is 21.3. The number of carbonyl (C=O) groups is 4. The van der Waals surface area contributed by atoms with Gasteiger partial charge in [0.1, 0.15) is 6.04 Å². The highest BCUT2D eigenvalue weighted by atomic mass is 16.2. The standard InChI is InChI=1S/C23H28N3O4/c24-22(29)16-8-4-5-9-17(16)23(30)26-14-19(27)21-18(26)12-13-25(21)20(28)11-10-15-6-2-1-3-7-15/h4-5,8-9,11,15,18,21H,1-3,6-7,10,12-14H2,(H2,24,29). The third-order valence-corrected chi connectivity index (χ3v) is 6.74. The summed E-state index contributed by atoms with van der Waals surface area (Å²) in [6, 6.07) is 5.43. The van der Waals surface area contributed by atoms with Crippen LogP contribution in [0, 0.1) is 12.3 Å². The number of ketones is 1. The molecule has 3 fully saturated rings. The molecule has 1 saturated carbocycles. The highest BCUT2D eigenvalue weighted by molar-refractivity contribution is 6.09. The van der Waals surface area contributed by atoms with E-state index in [-0.39, 0.29) is 41.3 Å². The van der Waals surface area contributed by atoms with E-state index in [9.17, 15) is 19.2 Å². The summed E-state index contributed by atoms with van der Waals surface area (Å²) in [4.78, 5) is 53.5. The Morgan fingerprint density at radius 1 is 1.00 bits per heavy atom. The number of nitrogens with zero attached hydrogens (tertiary/aromatic N) is 2. The molecular weight excluding hydrogens is 382 g/mol. The van der Waals surface area contributed by atoms with Crippen LogP contribution in [0.5, 0.6) is 0 Å². The molecule has 0 spiro atoms. The topological polar surface area (TPSA) is 101 Å². The van der Waals surface area contributed by atoms with Crippen LogP contribution in [0.3, 0.4) is 0 Å². The van der Waals surface area contributed by atoms with Gasteiger partial charge in [0.25, 0.3) is 5.91 Å². The molecule has 2 heterocycles. The molecule has 2 N–H and O–H groups in total. The summed E-state index contributed by atoms with van der Waals surface area (Å²) in [6.07, 6.45) is 9.11. The maximum atomic E-state index is 13.1. The molecule has 1 aromatic carbocycles. The van der Waals surface area contributed by atoms with Gasteiger partial charge in [0.15, 0.2) is 5.78 Å². The van der Waals surface area contributed by atoms with Crippen LogP contribution in [-0.2, 0) is 9.59 Å². The van der Waals surface area contributed by atoms with Gasteiger partial charge < -0.3 is 15.5 Å². The number of primary amides is 1. The van der Waals surface area contributed by atoms with E-state index >= 15 is 0 Å². The van der Waals surface area contributed by atoms with Gasteiger partial charge in [-0.1, -0.05) is 44.2 Å². The van der Waals surface area contributed by atoms with E-state index in [2.05, 4.69) is 0 Å². The average Bonchev–Trinajstić information content (AvgIpc) is 3.33. The van der Waals surface area contributed by atoms with Crippen LogP contribution >= 0.6 is 0 Å². The number of likely N-dealkylation sites (tertiary alicyclic amines) is 2. The van der Waals surface area contributed by atoms with Crippen molar-refractivity contribution in [2.45, 2.75) is 57.0 Å². The molecule has 0 bridgehead atoms. The first-order chi connectivity index (χ1) is 14.5. The Morgan fingerprint density at radius 3 is 2.40 bits per heavy atom. The minimum Gasteiger partial charge on any atom is -0.366 e. The fourth-order valence-corrected chi connectivity index (χ4v) is 5.19. The Bertz CT molecular complexity index is 862. The SMILES string of the molecule is NC(=O)c1ccccc1C(=O)N1CC(=O)C2C1CCN2C(=O)[CH]CC1CCCCC1. The highest BCUT2D eigenvalue weighted by Crippen LogP contribution is 2.33. The first-order valence-corrected chi connectivity index (χ1v) is 10.8. The van der Waals surface area contributed by atoms with Crippen LogP contribution in [0.4, 0.5) is 0 Å². The van der Waals surface area contributed by atoms with Crippen molar-refractivity contribution >= 4 is 23.5 Å². The Balaban J connectivity index is 1.44. The van der Waals surface area contributed by atoms with Gasteiger partial charge in [-0.15, -0.1) is 0 Å². The van der Waals surface area contributed by atoms with Crippen molar-refractivity contribution in [2.75, 3.05) is 13.1 Å². The molecule has 30 heavy (non-hydrogen) atoms. The van der Waals surface area contributed by atoms with Crippen LogP contribution in [0.1, 0.15) is 65.7 Å². The average molecular weight is 410 g/mol. The van der Waals surface area contributed by atoms with Gasteiger partial charge in [0.2, 0.25) is 11.8 Å². The van der Waals surface area contributed by atoms with E-state index < -0.39 is 11.9 Å². The van der Waals surface area contributed by atoms with Gasteiger partial charge in [-0.25, -0.2) is 0 Å². The van der Waals surface area contributed by atoms with Crippen molar-refractivity contribution in [3.63, 3.8) is 0 Å². The van der Waals surface area contributed by atoms with Crippen LogP contribution in [-0.4, -0.2) is 58.5 Å². The van der Waals surface area contributed by atoms with E-state index in [4.69, 9.17) is 5.73 Å². The maximum absolute atomic E-state index is 13.1. The number of Topliss-reactive ketones (excluding diaryl/α,β-unsaturated/α-hetero) is 1. The van der Waals surface area contributed by atoms with E-state index in [0.29, 0.717) is 18.9 Å². The zero-order valence-corrected chi connectivity index (χ0v) is 17.1. The molecule has 2 atom stereocenters. The molecule has 2 unspecified atom stereocenters. The first kappa shape index (κ1) is 20.6. The lowest BCUT2D eigenvalue weighted by Crippen LogP contribution is -2.44. The second kappa shape index (κ2) is 8.58. The van der Waals surface area contributed by atoms with Gasteiger partial charge >= 0.3 is 0 Å². The molecule has 1 aliphatic carbocycles. The summed E-state index contributed by atoms with van der Waals surface area (Å²) in [5.41, 5.74) is 5.75. The minimum absolute atomic E-state index is 0.0479. The number of nitrogens with two attached hydrogens (primary N) is 1. The second-order valence-electron chi connectivity index (χ2n) is 8.59. The van der Waals surface area contributed by atoms with Crippen LogP contribution in [0.15, 0.2) is 24.3 Å². The summed E-state index contributed by atoms with van der Waals surface area (Å²) in [7, 11) is 0. The summed E-state index contributed by atoms with van der Waals surface area (Å²) >= 11 is 0.